The van der Waals surface area contributed by atoms with Crippen LogP contribution in [0.3, 0.4) is 0 Å². The quantitative estimate of drug-likeness (QED) is 0.368. The predicted octanol–water partition coefficient (Wildman–Crippen LogP) is 2.85. The molecule has 0 saturated carbocycles. The van der Waals surface area contributed by atoms with Crippen LogP contribution in [-0.2, 0) is 14.3 Å². The normalized spacial score (nSPS) is 20.6. The van der Waals surface area contributed by atoms with Crippen molar-refractivity contribution in [2.45, 2.75) is 19.4 Å². The fraction of sp³-hybridized carbons (Fsp3) is 0.385. The van der Waals surface area contributed by atoms with E-state index in [1.54, 1.807) is 37.4 Å². The number of hydrogen-bond donors (Lipinski definition) is 2. The number of ether oxygens (including phenoxy) is 2. The minimum Gasteiger partial charge on any atom is -0.508 e. The number of carbonyl (C=O) groups is 2. The van der Waals surface area contributed by atoms with Gasteiger partial charge in [-0.1, -0.05) is 12.1 Å². The molecule has 4 rings (SSSR count). The van der Waals surface area contributed by atoms with Crippen molar-refractivity contribution in [1.29, 1.82) is 0 Å². The Morgan fingerprint density at radius 2 is 1.79 bits per heavy atom. The van der Waals surface area contributed by atoms with Crippen molar-refractivity contribution in [3.63, 3.8) is 0 Å². The number of ketones is 1. The van der Waals surface area contributed by atoms with Crippen LogP contribution in [0, 0.1) is 6.92 Å². The maximum absolute atomic E-state index is 13.2. The summed E-state index contributed by atoms with van der Waals surface area (Å²) >= 11 is 0. The van der Waals surface area contributed by atoms with E-state index in [4.69, 9.17) is 9.47 Å². The molecule has 0 radical (unpaired) electrons. The first-order valence-electron chi connectivity index (χ1n) is 11.4. The summed E-state index contributed by atoms with van der Waals surface area (Å²) in [5.74, 6) is -0.844. The van der Waals surface area contributed by atoms with Crippen molar-refractivity contribution in [2.24, 2.45) is 0 Å². The molecule has 2 heterocycles. The Morgan fingerprint density at radius 1 is 1.09 bits per heavy atom. The maximum atomic E-state index is 13.2. The van der Waals surface area contributed by atoms with Gasteiger partial charge in [-0.3, -0.25) is 14.5 Å². The van der Waals surface area contributed by atoms with Gasteiger partial charge in [0, 0.05) is 31.7 Å². The lowest BCUT2D eigenvalue weighted by atomic mass is 9.93. The van der Waals surface area contributed by atoms with E-state index < -0.39 is 17.7 Å². The number of Topliss-reactive ketones (excluding diaryl/α,β-unsaturated/α-hetero) is 1. The van der Waals surface area contributed by atoms with E-state index >= 15 is 0 Å². The summed E-state index contributed by atoms with van der Waals surface area (Å²) < 4.78 is 10.6. The Bertz CT molecular complexity index is 1090. The predicted molar refractivity (Wildman–Crippen MR) is 127 cm³/mol. The lowest BCUT2D eigenvalue weighted by Crippen LogP contribution is -2.38. The second kappa shape index (κ2) is 10.3. The Balaban J connectivity index is 1.69. The summed E-state index contributed by atoms with van der Waals surface area (Å²) in [6.07, 6.45) is 0.684. The van der Waals surface area contributed by atoms with Crippen LogP contribution in [-0.4, -0.2) is 78.2 Å². The van der Waals surface area contributed by atoms with Gasteiger partial charge in [-0.2, -0.15) is 0 Å². The number of nitrogens with zero attached hydrogens (tertiary/aromatic N) is 2. The molecule has 8 heteroatoms. The molecule has 2 aliphatic heterocycles. The summed E-state index contributed by atoms with van der Waals surface area (Å²) in [4.78, 5) is 30.1. The van der Waals surface area contributed by atoms with E-state index in [1.807, 2.05) is 6.92 Å². The Kier molecular flexibility index (Phi) is 7.19. The topological polar surface area (TPSA) is 99.5 Å². The largest absolute Gasteiger partial charge is 0.508 e. The van der Waals surface area contributed by atoms with Crippen molar-refractivity contribution < 1.29 is 29.3 Å². The number of likely N-dealkylation sites (tertiary alicyclic amines) is 1. The third-order valence-electron chi connectivity index (χ3n) is 6.41. The van der Waals surface area contributed by atoms with Crippen molar-refractivity contribution in [3.8, 4) is 11.5 Å². The van der Waals surface area contributed by atoms with Crippen LogP contribution >= 0.6 is 0 Å². The van der Waals surface area contributed by atoms with E-state index in [2.05, 4.69) is 4.90 Å². The molecule has 0 aromatic heterocycles. The van der Waals surface area contributed by atoms with Crippen molar-refractivity contribution in [1.82, 2.24) is 9.80 Å². The fourth-order valence-electron chi connectivity index (χ4n) is 4.58. The van der Waals surface area contributed by atoms with Crippen LogP contribution in [0.25, 0.3) is 5.76 Å². The van der Waals surface area contributed by atoms with E-state index in [0.717, 1.165) is 25.2 Å². The molecule has 180 valence electrons. The van der Waals surface area contributed by atoms with E-state index in [9.17, 15) is 19.8 Å². The van der Waals surface area contributed by atoms with Gasteiger partial charge in [0.1, 0.15) is 17.3 Å². The van der Waals surface area contributed by atoms with Gasteiger partial charge in [-0.15, -0.1) is 0 Å². The molecule has 1 atom stereocenters. The van der Waals surface area contributed by atoms with Gasteiger partial charge < -0.3 is 24.6 Å². The van der Waals surface area contributed by atoms with Crippen LogP contribution < -0.4 is 4.74 Å². The number of aliphatic hydroxyl groups excluding tert-OH is 1. The molecule has 8 nitrogen and oxygen atoms in total. The molecule has 2 fully saturated rings. The minimum absolute atomic E-state index is 0.0512. The molecule has 2 aromatic carbocycles. The molecule has 0 bridgehead atoms. The third kappa shape index (κ3) is 4.78. The molecule has 2 aliphatic rings. The number of carbonyl (C=O) groups excluding carboxylic acids is 2. The minimum atomic E-state index is -0.744. The molecule has 0 spiro atoms. The molecular formula is C26H30N2O6. The number of phenolic OH excluding ortho intramolecular Hbond substituents is 1. The Labute approximate surface area is 199 Å². The Hall–Kier alpha value is -3.36. The number of amides is 1. The lowest BCUT2D eigenvalue weighted by molar-refractivity contribution is -0.140. The first-order valence-corrected chi connectivity index (χ1v) is 11.4. The van der Waals surface area contributed by atoms with Gasteiger partial charge in [0.25, 0.3) is 11.7 Å². The first-order chi connectivity index (χ1) is 16.4. The molecule has 0 aliphatic carbocycles. The number of aromatic hydroxyl groups is 1. The highest BCUT2D eigenvalue weighted by atomic mass is 16.5. The molecule has 34 heavy (non-hydrogen) atoms. The molecule has 2 N–H and O–H groups in total. The average molecular weight is 467 g/mol. The zero-order chi connectivity index (χ0) is 24.2. The van der Waals surface area contributed by atoms with Crippen LogP contribution in [0.4, 0.5) is 0 Å². The monoisotopic (exact) mass is 466 g/mol. The van der Waals surface area contributed by atoms with E-state index in [1.165, 1.54) is 17.0 Å². The highest BCUT2D eigenvalue weighted by molar-refractivity contribution is 6.46. The average Bonchev–Trinajstić information content (AvgIpc) is 3.09. The molecule has 2 saturated heterocycles. The Morgan fingerprint density at radius 3 is 2.44 bits per heavy atom. The number of benzene rings is 2. The number of methoxy groups -OCH3 is 1. The summed E-state index contributed by atoms with van der Waals surface area (Å²) in [6.45, 7) is 6.04. The van der Waals surface area contributed by atoms with Crippen LogP contribution in [0.2, 0.25) is 0 Å². The number of aliphatic hydroxyl groups is 1. The summed E-state index contributed by atoms with van der Waals surface area (Å²) in [5.41, 5.74) is 1.89. The highest BCUT2D eigenvalue weighted by Crippen LogP contribution is 2.40. The smallest absolute Gasteiger partial charge is 0.295 e. The lowest BCUT2D eigenvalue weighted by Gasteiger charge is -2.29. The molecule has 0 unspecified atom stereocenters. The highest BCUT2D eigenvalue weighted by Gasteiger charge is 2.46. The summed E-state index contributed by atoms with van der Waals surface area (Å²) in [5, 5.41) is 21.0. The van der Waals surface area contributed by atoms with Crippen LogP contribution in [0.15, 0.2) is 48.0 Å². The van der Waals surface area contributed by atoms with Crippen LogP contribution in [0.1, 0.15) is 29.2 Å². The van der Waals surface area contributed by atoms with Crippen molar-refractivity contribution in [3.05, 3.63) is 64.7 Å². The second-order valence-electron chi connectivity index (χ2n) is 8.57. The second-order valence-corrected chi connectivity index (χ2v) is 8.57. The van der Waals surface area contributed by atoms with Gasteiger partial charge in [-0.25, -0.2) is 0 Å². The van der Waals surface area contributed by atoms with E-state index in [0.29, 0.717) is 43.1 Å². The summed E-state index contributed by atoms with van der Waals surface area (Å²) in [6, 6.07) is 10.8. The maximum Gasteiger partial charge on any atom is 0.295 e. The van der Waals surface area contributed by atoms with Gasteiger partial charge >= 0.3 is 0 Å². The number of aryl methyl sites for hydroxylation is 1. The molecular weight excluding hydrogens is 436 g/mol. The van der Waals surface area contributed by atoms with Gasteiger partial charge in [0.2, 0.25) is 0 Å². The fourth-order valence-corrected chi connectivity index (χ4v) is 4.58. The third-order valence-corrected chi connectivity index (χ3v) is 6.41. The van der Waals surface area contributed by atoms with Crippen molar-refractivity contribution in [2.75, 3.05) is 46.5 Å². The number of hydrogen-bond acceptors (Lipinski definition) is 7. The SMILES string of the molecule is COc1ccc(C(O)=C2C(=O)C(=O)N(CCCN3CCOCC3)[C@@H]2c2ccc(O)cc2)c(C)c1. The number of morpholine rings is 1. The van der Waals surface area contributed by atoms with Gasteiger partial charge in [0.05, 0.1) is 31.9 Å². The summed E-state index contributed by atoms with van der Waals surface area (Å²) in [7, 11) is 1.56. The standard InChI is InChI=1S/C26H30N2O6/c1-17-16-20(33-2)8-9-21(17)24(30)22-23(18-4-6-19(29)7-5-18)28(26(32)25(22)31)11-3-10-27-12-14-34-15-13-27/h4-9,16,23,29-30H,3,10-15H2,1-2H3/t23-/m1/s1. The molecule has 1 amide bonds. The molecule has 2 aromatic rings. The van der Waals surface area contributed by atoms with Crippen molar-refractivity contribution >= 4 is 17.4 Å². The van der Waals surface area contributed by atoms with Gasteiger partial charge in [0.15, 0.2) is 0 Å². The number of rotatable bonds is 7. The van der Waals surface area contributed by atoms with Crippen LogP contribution in [0.5, 0.6) is 11.5 Å². The number of phenols is 1. The zero-order valence-corrected chi connectivity index (χ0v) is 19.5. The zero-order valence-electron chi connectivity index (χ0n) is 19.5. The van der Waals surface area contributed by atoms with E-state index in [-0.39, 0.29) is 17.1 Å². The first kappa shape index (κ1) is 23.8. The van der Waals surface area contributed by atoms with Gasteiger partial charge in [-0.05, 0) is 54.8 Å².